The van der Waals surface area contributed by atoms with Crippen molar-refractivity contribution in [2.75, 3.05) is 13.1 Å². The van der Waals surface area contributed by atoms with Crippen LogP contribution in [0.1, 0.15) is 45.5 Å². The molecule has 102 valence electrons. The number of hydrogen-bond acceptors (Lipinski definition) is 2. The molecule has 3 nitrogen and oxygen atoms in total. The van der Waals surface area contributed by atoms with E-state index in [-0.39, 0.29) is 11.7 Å². The Labute approximate surface area is 114 Å². The van der Waals surface area contributed by atoms with E-state index < -0.39 is 0 Å². The highest BCUT2D eigenvalue weighted by molar-refractivity contribution is 6.43. The second-order valence-electron chi connectivity index (χ2n) is 5.46. The summed E-state index contributed by atoms with van der Waals surface area (Å²) in [6.45, 7) is 9.25. The van der Waals surface area contributed by atoms with Crippen LogP contribution in [0.2, 0.25) is 0 Å². The topological polar surface area (TPSA) is 37.4 Å². The molecule has 0 saturated carbocycles. The average Bonchev–Trinajstić information content (AvgIpc) is 2.89. The molecule has 1 fully saturated rings. The van der Waals surface area contributed by atoms with Crippen molar-refractivity contribution in [3.05, 3.63) is 33.9 Å². The normalized spacial score (nSPS) is 14.8. The predicted octanol–water partition coefficient (Wildman–Crippen LogP) is 2.73. The molecule has 2 rings (SSSR count). The van der Waals surface area contributed by atoms with Gasteiger partial charge in [0.15, 0.2) is 0 Å². The van der Waals surface area contributed by atoms with E-state index in [1.165, 1.54) is 0 Å². The fourth-order valence-corrected chi connectivity index (χ4v) is 2.73. The van der Waals surface area contributed by atoms with Gasteiger partial charge in [0.2, 0.25) is 0 Å². The molecule has 19 heavy (non-hydrogen) atoms. The standard InChI is InChI=1S/C16H21NO2/c1-10-9-11(2)13(4)14(12(10)3)15(18)16(19)17-7-5-6-8-17/h9H,5-8H2,1-4H3. The van der Waals surface area contributed by atoms with Crippen molar-refractivity contribution < 1.29 is 9.59 Å². The van der Waals surface area contributed by atoms with Crippen LogP contribution in [0.5, 0.6) is 0 Å². The second-order valence-corrected chi connectivity index (χ2v) is 5.46. The van der Waals surface area contributed by atoms with Gasteiger partial charge in [0.1, 0.15) is 0 Å². The first kappa shape index (κ1) is 13.8. The quantitative estimate of drug-likeness (QED) is 0.605. The van der Waals surface area contributed by atoms with Gasteiger partial charge >= 0.3 is 0 Å². The molecule has 1 heterocycles. The molecule has 0 atom stereocenters. The highest BCUT2D eigenvalue weighted by Crippen LogP contribution is 2.23. The Kier molecular flexibility index (Phi) is 3.74. The van der Waals surface area contributed by atoms with Crippen LogP contribution in [0.25, 0.3) is 0 Å². The van der Waals surface area contributed by atoms with Gasteiger partial charge in [-0.2, -0.15) is 0 Å². The van der Waals surface area contributed by atoms with E-state index in [1.807, 2.05) is 27.7 Å². The Hall–Kier alpha value is -1.64. The Morgan fingerprint density at radius 2 is 1.42 bits per heavy atom. The molecule has 1 aliphatic heterocycles. The number of Topliss-reactive ketones (excluding diaryl/α,β-unsaturated/α-hetero) is 1. The molecule has 0 N–H and O–H groups in total. The van der Waals surface area contributed by atoms with Gasteiger partial charge in [-0.15, -0.1) is 0 Å². The Morgan fingerprint density at radius 1 is 0.947 bits per heavy atom. The number of likely N-dealkylation sites (tertiary alicyclic amines) is 1. The number of carbonyl (C=O) groups excluding carboxylic acids is 2. The zero-order valence-electron chi connectivity index (χ0n) is 12.2. The highest BCUT2D eigenvalue weighted by Gasteiger charge is 2.28. The zero-order valence-corrected chi connectivity index (χ0v) is 12.2. The van der Waals surface area contributed by atoms with Crippen molar-refractivity contribution in [1.29, 1.82) is 0 Å². The van der Waals surface area contributed by atoms with Gasteiger partial charge in [-0.1, -0.05) is 6.07 Å². The van der Waals surface area contributed by atoms with Gasteiger partial charge in [0.05, 0.1) is 0 Å². The van der Waals surface area contributed by atoms with Gasteiger partial charge in [-0.05, 0) is 62.8 Å². The van der Waals surface area contributed by atoms with E-state index in [4.69, 9.17) is 0 Å². The summed E-state index contributed by atoms with van der Waals surface area (Å²) in [5.74, 6) is -0.683. The molecule has 0 spiro atoms. The first-order valence-electron chi connectivity index (χ1n) is 6.84. The second kappa shape index (κ2) is 5.16. The number of aryl methyl sites for hydroxylation is 2. The molecule has 1 saturated heterocycles. The number of rotatable bonds is 2. The Balaban J connectivity index is 2.41. The van der Waals surface area contributed by atoms with E-state index in [9.17, 15) is 9.59 Å². The summed E-state index contributed by atoms with van der Waals surface area (Å²) in [5.41, 5.74) is 4.61. The fourth-order valence-electron chi connectivity index (χ4n) is 2.73. The van der Waals surface area contributed by atoms with Crippen LogP contribution >= 0.6 is 0 Å². The SMILES string of the molecule is Cc1cc(C)c(C)c(C(=O)C(=O)N2CCCC2)c1C. The summed E-state index contributed by atoms with van der Waals surface area (Å²) >= 11 is 0. The van der Waals surface area contributed by atoms with Crippen LogP contribution in [0, 0.1) is 27.7 Å². The molecule has 0 unspecified atom stereocenters. The van der Waals surface area contributed by atoms with Crippen LogP contribution in [-0.4, -0.2) is 29.7 Å². The molecule has 3 heteroatoms. The zero-order chi connectivity index (χ0) is 14.2. The number of carbonyl (C=O) groups is 2. The maximum atomic E-state index is 12.5. The third kappa shape index (κ3) is 2.42. The number of benzene rings is 1. The van der Waals surface area contributed by atoms with E-state index in [0.29, 0.717) is 18.7 Å². The number of amides is 1. The molecule has 0 radical (unpaired) electrons. The van der Waals surface area contributed by atoms with Crippen LogP contribution in [-0.2, 0) is 4.79 Å². The molecule has 1 aliphatic rings. The average molecular weight is 259 g/mol. The molecule has 0 aliphatic carbocycles. The van der Waals surface area contributed by atoms with E-state index >= 15 is 0 Å². The van der Waals surface area contributed by atoms with Crippen molar-refractivity contribution >= 4 is 11.7 Å². The first-order chi connectivity index (χ1) is 8.93. The predicted molar refractivity (Wildman–Crippen MR) is 75.5 cm³/mol. The minimum Gasteiger partial charge on any atom is -0.336 e. The summed E-state index contributed by atoms with van der Waals surface area (Å²) in [6.07, 6.45) is 2.01. The highest BCUT2D eigenvalue weighted by atomic mass is 16.2. The molecule has 0 bridgehead atoms. The van der Waals surface area contributed by atoms with Crippen molar-refractivity contribution in [3.8, 4) is 0 Å². The number of ketones is 1. The van der Waals surface area contributed by atoms with E-state index in [1.54, 1.807) is 4.90 Å². The fraction of sp³-hybridized carbons (Fsp3) is 0.500. The summed E-state index contributed by atoms with van der Waals surface area (Å²) < 4.78 is 0. The maximum Gasteiger partial charge on any atom is 0.294 e. The van der Waals surface area contributed by atoms with Gasteiger partial charge < -0.3 is 4.90 Å². The minimum absolute atomic E-state index is 0.339. The van der Waals surface area contributed by atoms with Crippen molar-refractivity contribution in [3.63, 3.8) is 0 Å². The van der Waals surface area contributed by atoms with Crippen LogP contribution < -0.4 is 0 Å². The van der Waals surface area contributed by atoms with Crippen LogP contribution in [0.15, 0.2) is 6.07 Å². The van der Waals surface area contributed by atoms with Crippen molar-refractivity contribution in [2.45, 2.75) is 40.5 Å². The van der Waals surface area contributed by atoms with Crippen molar-refractivity contribution in [1.82, 2.24) is 4.90 Å². The van der Waals surface area contributed by atoms with E-state index in [2.05, 4.69) is 6.07 Å². The lowest BCUT2D eigenvalue weighted by molar-refractivity contribution is -0.125. The molecular formula is C16H21NO2. The van der Waals surface area contributed by atoms with Gasteiger partial charge in [-0.3, -0.25) is 9.59 Å². The Bertz CT molecular complexity index is 514. The van der Waals surface area contributed by atoms with Gasteiger partial charge in [0.25, 0.3) is 11.7 Å². The van der Waals surface area contributed by atoms with Crippen molar-refractivity contribution in [2.24, 2.45) is 0 Å². The van der Waals surface area contributed by atoms with Crippen LogP contribution in [0.3, 0.4) is 0 Å². The van der Waals surface area contributed by atoms with E-state index in [0.717, 1.165) is 35.1 Å². The minimum atomic E-state index is -0.344. The lowest BCUT2D eigenvalue weighted by Gasteiger charge is -2.18. The Morgan fingerprint density at radius 3 is 1.89 bits per heavy atom. The molecule has 1 aromatic rings. The van der Waals surface area contributed by atoms with Crippen LogP contribution in [0.4, 0.5) is 0 Å². The summed E-state index contributed by atoms with van der Waals surface area (Å²) in [4.78, 5) is 26.4. The third-order valence-electron chi connectivity index (χ3n) is 4.18. The number of hydrogen-bond donors (Lipinski definition) is 0. The third-order valence-corrected chi connectivity index (χ3v) is 4.18. The monoisotopic (exact) mass is 259 g/mol. The summed E-state index contributed by atoms with van der Waals surface area (Å²) in [5, 5.41) is 0. The molecule has 0 aromatic heterocycles. The first-order valence-corrected chi connectivity index (χ1v) is 6.84. The lowest BCUT2D eigenvalue weighted by Crippen LogP contribution is -2.35. The lowest BCUT2D eigenvalue weighted by atomic mass is 9.91. The summed E-state index contributed by atoms with van der Waals surface area (Å²) in [7, 11) is 0. The number of nitrogens with zero attached hydrogens (tertiary/aromatic N) is 1. The molecule has 1 aromatic carbocycles. The summed E-state index contributed by atoms with van der Waals surface area (Å²) in [6, 6.07) is 2.07. The smallest absolute Gasteiger partial charge is 0.294 e. The maximum absolute atomic E-state index is 12.5. The van der Waals surface area contributed by atoms with Gasteiger partial charge in [-0.25, -0.2) is 0 Å². The molecular weight excluding hydrogens is 238 g/mol. The largest absolute Gasteiger partial charge is 0.336 e. The van der Waals surface area contributed by atoms with Gasteiger partial charge in [0, 0.05) is 18.7 Å². The molecule has 1 amide bonds.